The van der Waals surface area contributed by atoms with Crippen molar-refractivity contribution in [3.8, 4) is 23.0 Å². The number of benzene rings is 2. The van der Waals surface area contributed by atoms with E-state index in [0.717, 1.165) is 59.6 Å². The third-order valence-corrected chi connectivity index (χ3v) is 7.75. The van der Waals surface area contributed by atoms with Gasteiger partial charge in [-0.1, -0.05) is 67.1 Å². The number of methoxy groups -OCH3 is 2. The van der Waals surface area contributed by atoms with Crippen LogP contribution in [0.25, 0.3) is 11.3 Å². The fourth-order valence-electron chi connectivity index (χ4n) is 5.60. The fourth-order valence-corrected chi connectivity index (χ4v) is 6.28. The molecule has 188 valence electrons. The summed E-state index contributed by atoms with van der Waals surface area (Å²) < 4.78 is 21.3. The molecule has 0 saturated carbocycles. The van der Waals surface area contributed by atoms with E-state index in [2.05, 4.69) is 30.0 Å². The lowest BCUT2D eigenvalue weighted by Crippen LogP contribution is -2.42. The van der Waals surface area contributed by atoms with Crippen molar-refractivity contribution in [3.05, 3.63) is 46.5 Å². The Balaban J connectivity index is 1.77. The van der Waals surface area contributed by atoms with E-state index in [1.807, 2.05) is 6.07 Å². The Bertz CT molecular complexity index is 1160. The van der Waals surface area contributed by atoms with Gasteiger partial charge in [0, 0.05) is 23.4 Å². The molecular formula is C27H30Cl3NO4. The molecule has 0 bridgehead atoms. The van der Waals surface area contributed by atoms with E-state index in [4.69, 9.17) is 53.8 Å². The summed E-state index contributed by atoms with van der Waals surface area (Å²) in [7, 11) is 3.27. The van der Waals surface area contributed by atoms with Crippen molar-refractivity contribution in [3.63, 3.8) is 0 Å². The highest BCUT2D eigenvalue weighted by molar-refractivity contribution is 6.68. The number of ether oxygens (including phenoxy) is 4. The van der Waals surface area contributed by atoms with E-state index in [-0.39, 0.29) is 6.79 Å². The van der Waals surface area contributed by atoms with Gasteiger partial charge in [0.05, 0.1) is 14.2 Å². The first-order valence-electron chi connectivity index (χ1n) is 12.1. The minimum absolute atomic E-state index is 0.238. The SMILES string of the molecule is CCCCCCC1=C2c3cc4c(cc3CCN2C(C(Cl)(Cl)Cl)c2c1ccc(OC)c2OC)OCO4. The Morgan fingerprint density at radius 1 is 1.00 bits per heavy atom. The second kappa shape index (κ2) is 9.84. The number of alkyl halides is 3. The van der Waals surface area contributed by atoms with Crippen molar-refractivity contribution >= 4 is 46.1 Å². The number of halogens is 3. The molecule has 1 unspecified atom stereocenters. The van der Waals surface area contributed by atoms with Gasteiger partial charge < -0.3 is 23.8 Å². The minimum atomic E-state index is -1.60. The average molecular weight is 539 g/mol. The van der Waals surface area contributed by atoms with Gasteiger partial charge in [-0.15, -0.1) is 0 Å². The molecule has 5 rings (SSSR count). The van der Waals surface area contributed by atoms with Crippen LogP contribution >= 0.6 is 34.8 Å². The van der Waals surface area contributed by atoms with E-state index < -0.39 is 9.83 Å². The second-order valence-electron chi connectivity index (χ2n) is 9.15. The molecule has 0 spiro atoms. The molecule has 0 aliphatic carbocycles. The summed E-state index contributed by atoms with van der Waals surface area (Å²) in [5.41, 5.74) is 6.60. The Morgan fingerprint density at radius 3 is 2.46 bits per heavy atom. The molecule has 5 nitrogen and oxygen atoms in total. The maximum absolute atomic E-state index is 6.72. The van der Waals surface area contributed by atoms with Crippen LogP contribution in [0.3, 0.4) is 0 Å². The van der Waals surface area contributed by atoms with Gasteiger partial charge in [0.2, 0.25) is 10.6 Å². The van der Waals surface area contributed by atoms with Crippen molar-refractivity contribution in [2.75, 3.05) is 27.6 Å². The van der Waals surface area contributed by atoms with Gasteiger partial charge in [0.25, 0.3) is 0 Å². The summed E-state index contributed by atoms with van der Waals surface area (Å²) in [5.74, 6) is 2.79. The van der Waals surface area contributed by atoms with Gasteiger partial charge in [-0.2, -0.15) is 0 Å². The number of hydrogen-bond donors (Lipinski definition) is 0. The topological polar surface area (TPSA) is 40.2 Å². The largest absolute Gasteiger partial charge is 0.493 e. The molecule has 3 aliphatic rings. The van der Waals surface area contributed by atoms with Gasteiger partial charge in [-0.3, -0.25) is 0 Å². The first kappa shape index (κ1) is 24.7. The molecule has 0 saturated heterocycles. The third-order valence-electron chi connectivity index (χ3n) is 7.13. The van der Waals surface area contributed by atoms with Crippen LogP contribution in [0.4, 0.5) is 0 Å². The maximum atomic E-state index is 6.72. The van der Waals surface area contributed by atoms with E-state index in [9.17, 15) is 0 Å². The summed E-state index contributed by atoms with van der Waals surface area (Å²) in [6.07, 6.45) is 6.34. The molecule has 1 atom stereocenters. The highest BCUT2D eigenvalue weighted by atomic mass is 35.6. The van der Waals surface area contributed by atoms with Gasteiger partial charge in [0.1, 0.15) is 6.04 Å². The first-order chi connectivity index (χ1) is 16.9. The summed E-state index contributed by atoms with van der Waals surface area (Å²) in [4.78, 5) is 2.25. The van der Waals surface area contributed by atoms with Crippen LogP contribution in [-0.2, 0) is 6.42 Å². The average Bonchev–Trinajstić information content (AvgIpc) is 3.30. The molecule has 0 aromatic heterocycles. The molecule has 3 heterocycles. The van der Waals surface area contributed by atoms with Crippen molar-refractivity contribution in [2.45, 2.75) is 55.3 Å². The lowest BCUT2D eigenvalue weighted by atomic mass is 9.80. The minimum Gasteiger partial charge on any atom is -0.493 e. The zero-order chi connectivity index (χ0) is 24.7. The quantitative estimate of drug-likeness (QED) is 0.269. The molecule has 0 N–H and O–H groups in total. The number of fused-ring (bicyclic) bond motifs is 5. The number of allylic oxidation sites excluding steroid dienone is 1. The van der Waals surface area contributed by atoms with Crippen LogP contribution in [0, 0.1) is 0 Å². The summed E-state index contributed by atoms with van der Waals surface area (Å²) in [5, 5.41) is 0. The van der Waals surface area contributed by atoms with Crippen molar-refractivity contribution in [1.82, 2.24) is 4.90 Å². The normalized spacial score (nSPS) is 18.2. The van der Waals surface area contributed by atoms with Crippen molar-refractivity contribution in [1.29, 1.82) is 0 Å². The maximum Gasteiger partial charge on any atom is 0.231 e. The highest BCUT2D eigenvalue weighted by Crippen LogP contribution is 2.59. The van der Waals surface area contributed by atoms with Crippen molar-refractivity contribution < 1.29 is 18.9 Å². The molecule has 0 fully saturated rings. The van der Waals surface area contributed by atoms with Crippen LogP contribution in [0.1, 0.15) is 67.3 Å². The molecule has 2 aromatic carbocycles. The van der Waals surface area contributed by atoms with E-state index >= 15 is 0 Å². The molecule has 0 amide bonds. The third kappa shape index (κ3) is 4.30. The first-order valence-corrected chi connectivity index (χ1v) is 13.3. The Labute approximate surface area is 221 Å². The molecule has 8 heteroatoms. The van der Waals surface area contributed by atoms with Crippen LogP contribution in [0.15, 0.2) is 24.3 Å². The molecule has 2 aromatic rings. The number of rotatable bonds is 7. The lowest BCUT2D eigenvalue weighted by molar-refractivity contribution is 0.174. The Morgan fingerprint density at radius 2 is 1.77 bits per heavy atom. The predicted octanol–water partition coefficient (Wildman–Crippen LogP) is 7.55. The molecule has 3 aliphatic heterocycles. The van der Waals surface area contributed by atoms with Gasteiger partial charge >= 0.3 is 0 Å². The molecular weight excluding hydrogens is 509 g/mol. The van der Waals surface area contributed by atoms with Crippen molar-refractivity contribution in [2.24, 2.45) is 0 Å². The Kier molecular flexibility index (Phi) is 6.95. The standard InChI is InChI=1S/C27H30Cl3NO4/c1-4-5-6-7-8-18-17-9-10-20(32-2)25(33-3)23(17)26(27(28,29)30)31-12-11-16-13-21-22(35-15-34-21)14-19(16)24(18)31/h9-10,13-14,26H,4-8,11-12,15H2,1-3H3. The number of hydrogen-bond acceptors (Lipinski definition) is 5. The lowest BCUT2D eigenvalue weighted by Gasteiger charge is -2.47. The monoisotopic (exact) mass is 537 g/mol. The van der Waals surface area contributed by atoms with E-state index in [1.54, 1.807) is 14.2 Å². The van der Waals surface area contributed by atoms with Crippen LogP contribution in [0.5, 0.6) is 23.0 Å². The zero-order valence-corrected chi connectivity index (χ0v) is 22.5. The van der Waals surface area contributed by atoms with Crippen LogP contribution in [-0.4, -0.2) is 36.2 Å². The van der Waals surface area contributed by atoms with Crippen LogP contribution in [0.2, 0.25) is 0 Å². The van der Waals surface area contributed by atoms with Gasteiger partial charge in [0.15, 0.2) is 23.0 Å². The van der Waals surface area contributed by atoms with E-state index in [1.165, 1.54) is 24.0 Å². The van der Waals surface area contributed by atoms with Gasteiger partial charge in [-0.05, 0) is 54.2 Å². The highest BCUT2D eigenvalue weighted by Gasteiger charge is 2.48. The summed E-state index contributed by atoms with van der Waals surface area (Å²) in [6.45, 7) is 3.17. The fraction of sp³-hybridized carbons (Fsp3) is 0.481. The zero-order valence-electron chi connectivity index (χ0n) is 20.3. The number of nitrogens with zero attached hydrogens (tertiary/aromatic N) is 1. The summed E-state index contributed by atoms with van der Waals surface area (Å²) >= 11 is 20.2. The summed E-state index contributed by atoms with van der Waals surface area (Å²) in [6, 6.07) is 7.68. The van der Waals surface area contributed by atoms with Gasteiger partial charge in [-0.25, -0.2) is 0 Å². The second-order valence-corrected chi connectivity index (χ2v) is 11.5. The Hall–Kier alpha value is -1.95. The molecule has 35 heavy (non-hydrogen) atoms. The molecule has 0 radical (unpaired) electrons. The predicted molar refractivity (Wildman–Crippen MR) is 141 cm³/mol. The van der Waals surface area contributed by atoms with Crippen LogP contribution < -0.4 is 18.9 Å². The van der Waals surface area contributed by atoms with E-state index in [0.29, 0.717) is 18.0 Å². The smallest absolute Gasteiger partial charge is 0.231 e. The number of unbranched alkanes of at least 4 members (excludes halogenated alkanes) is 3.